The van der Waals surface area contributed by atoms with Crippen LogP contribution in [0.1, 0.15) is 71.7 Å². The number of hydrogen-bond acceptors (Lipinski definition) is 2. The molecule has 0 aliphatic rings. The van der Waals surface area contributed by atoms with Gasteiger partial charge in [0.1, 0.15) is 0 Å². The molecule has 0 aliphatic carbocycles. The number of unbranched alkanes of at least 4 members (excludes halogenated alkanes) is 1. The molecule has 0 saturated carbocycles. The molecule has 98 valence electrons. The van der Waals surface area contributed by atoms with E-state index < -0.39 is 0 Å². The fourth-order valence-electron chi connectivity index (χ4n) is 2.09. The molecule has 0 radical (unpaired) electrons. The Labute approximate surface area is 106 Å². The van der Waals surface area contributed by atoms with Crippen LogP contribution in [0.5, 0.6) is 0 Å². The lowest BCUT2D eigenvalue weighted by Crippen LogP contribution is -2.13. The van der Waals surface area contributed by atoms with Crippen LogP contribution in [-0.2, 0) is 13.0 Å². The summed E-state index contributed by atoms with van der Waals surface area (Å²) in [5, 5.41) is 8.71. The van der Waals surface area contributed by atoms with E-state index in [1.807, 2.05) is 0 Å². The maximum Gasteiger partial charge on any atom is 0.0867 e. The number of aryl methyl sites for hydroxylation is 1. The van der Waals surface area contributed by atoms with Crippen molar-refractivity contribution in [3.8, 4) is 0 Å². The minimum Gasteiger partial charge on any atom is -0.249 e. The molecule has 0 bridgehead atoms. The summed E-state index contributed by atoms with van der Waals surface area (Å²) in [7, 11) is 0. The third kappa shape index (κ3) is 4.14. The summed E-state index contributed by atoms with van der Waals surface area (Å²) < 4.78 is 2.11. The molecule has 1 aromatic rings. The quantitative estimate of drug-likeness (QED) is 0.780. The highest BCUT2D eigenvalue weighted by molar-refractivity contribution is 5.15. The van der Waals surface area contributed by atoms with E-state index in [0.29, 0.717) is 5.92 Å². The molecule has 3 nitrogen and oxygen atoms in total. The van der Waals surface area contributed by atoms with Gasteiger partial charge in [0.2, 0.25) is 0 Å². The van der Waals surface area contributed by atoms with E-state index in [1.54, 1.807) is 0 Å². The van der Waals surface area contributed by atoms with Gasteiger partial charge in [-0.1, -0.05) is 53.2 Å². The maximum atomic E-state index is 4.39. The Kier molecular flexibility index (Phi) is 4.72. The van der Waals surface area contributed by atoms with E-state index in [0.717, 1.165) is 13.0 Å². The van der Waals surface area contributed by atoms with E-state index in [4.69, 9.17) is 0 Å². The molecule has 0 spiro atoms. The predicted octanol–water partition coefficient (Wildman–Crippen LogP) is 3.79. The molecule has 0 aliphatic heterocycles. The summed E-state index contributed by atoms with van der Waals surface area (Å²) >= 11 is 0. The smallest absolute Gasteiger partial charge is 0.0867 e. The highest BCUT2D eigenvalue weighted by Crippen LogP contribution is 2.25. The van der Waals surface area contributed by atoms with Crippen molar-refractivity contribution in [2.45, 2.75) is 73.3 Å². The number of aromatic nitrogens is 3. The number of rotatable bonds is 5. The molecule has 0 amide bonds. The van der Waals surface area contributed by atoms with Crippen LogP contribution in [0.15, 0.2) is 0 Å². The summed E-state index contributed by atoms with van der Waals surface area (Å²) in [5.41, 5.74) is 2.78. The topological polar surface area (TPSA) is 30.7 Å². The Hall–Kier alpha value is -0.860. The van der Waals surface area contributed by atoms with Crippen molar-refractivity contribution >= 4 is 0 Å². The largest absolute Gasteiger partial charge is 0.249 e. The van der Waals surface area contributed by atoms with E-state index in [2.05, 4.69) is 56.5 Å². The van der Waals surface area contributed by atoms with Crippen LogP contribution in [0.25, 0.3) is 0 Å². The highest BCUT2D eigenvalue weighted by Gasteiger charge is 2.21. The van der Waals surface area contributed by atoms with Crippen molar-refractivity contribution in [1.29, 1.82) is 0 Å². The maximum absolute atomic E-state index is 4.39. The first-order chi connectivity index (χ1) is 7.85. The van der Waals surface area contributed by atoms with E-state index in [-0.39, 0.29) is 5.41 Å². The first kappa shape index (κ1) is 14.2. The monoisotopic (exact) mass is 237 g/mol. The Morgan fingerprint density at radius 1 is 1.24 bits per heavy atom. The van der Waals surface area contributed by atoms with E-state index >= 15 is 0 Å². The fourth-order valence-corrected chi connectivity index (χ4v) is 2.09. The zero-order valence-electron chi connectivity index (χ0n) is 12.2. The van der Waals surface area contributed by atoms with Crippen LogP contribution in [0, 0.1) is 5.41 Å². The first-order valence-corrected chi connectivity index (χ1v) is 6.77. The minimum absolute atomic E-state index is 0.273. The van der Waals surface area contributed by atoms with Crippen molar-refractivity contribution in [2.24, 2.45) is 5.41 Å². The second-order valence-electron chi connectivity index (χ2n) is 6.39. The van der Waals surface area contributed by atoms with Crippen LogP contribution in [0.3, 0.4) is 0 Å². The van der Waals surface area contributed by atoms with Gasteiger partial charge in [-0.05, 0) is 24.2 Å². The molecule has 0 unspecified atom stereocenters. The molecule has 1 rings (SSSR count). The van der Waals surface area contributed by atoms with E-state index in [1.165, 1.54) is 24.2 Å². The van der Waals surface area contributed by atoms with Crippen molar-refractivity contribution in [3.63, 3.8) is 0 Å². The third-order valence-corrected chi connectivity index (χ3v) is 2.82. The fraction of sp³-hybridized carbons (Fsp3) is 0.857. The standard InChI is InChI=1S/C14H27N3/c1-7-8-9-17-13(11(2)3)12(15-16-17)10-14(4,5)6/h11H,7-10H2,1-6H3. The van der Waals surface area contributed by atoms with Crippen LogP contribution >= 0.6 is 0 Å². The number of hydrogen-bond donors (Lipinski definition) is 0. The van der Waals surface area contributed by atoms with Gasteiger partial charge < -0.3 is 0 Å². The zero-order chi connectivity index (χ0) is 13.1. The Morgan fingerprint density at radius 3 is 2.35 bits per heavy atom. The lowest BCUT2D eigenvalue weighted by molar-refractivity contribution is 0.403. The average molecular weight is 237 g/mol. The molecule has 3 heteroatoms. The third-order valence-electron chi connectivity index (χ3n) is 2.82. The van der Waals surface area contributed by atoms with Gasteiger partial charge in [0.15, 0.2) is 0 Å². The highest BCUT2D eigenvalue weighted by atomic mass is 15.4. The van der Waals surface area contributed by atoms with Gasteiger partial charge in [-0.15, -0.1) is 5.10 Å². The number of nitrogens with zero attached hydrogens (tertiary/aromatic N) is 3. The SMILES string of the molecule is CCCCn1nnc(CC(C)(C)C)c1C(C)C. The minimum atomic E-state index is 0.273. The molecular formula is C14H27N3. The lowest BCUT2D eigenvalue weighted by atomic mass is 9.88. The van der Waals surface area contributed by atoms with Crippen LogP contribution in [0.4, 0.5) is 0 Å². The summed E-state index contributed by atoms with van der Waals surface area (Å²) in [6, 6.07) is 0. The molecule has 0 fully saturated rings. The second kappa shape index (κ2) is 5.65. The first-order valence-electron chi connectivity index (χ1n) is 6.77. The van der Waals surface area contributed by atoms with Crippen molar-refractivity contribution in [3.05, 3.63) is 11.4 Å². The predicted molar refractivity (Wildman–Crippen MR) is 72.2 cm³/mol. The molecule has 1 aromatic heterocycles. The summed E-state index contributed by atoms with van der Waals surface area (Å²) in [6.07, 6.45) is 3.39. The normalized spacial score (nSPS) is 12.4. The zero-order valence-corrected chi connectivity index (χ0v) is 12.2. The van der Waals surface area contributed by atoms with Crippen molar-refractivity contribution in [2.75, 3.05) is 0 Å². The van der Waals surface area contributed by atoms with Crippen LogP contribution in [-0.4, -0.2) is 15.0 Å². The average Bonchev–Trinajstić information content (AvgIpc) is 2.55. The summed E-state index contributed by atoms with van der Waals surface area (Å²) in [5.74, 6) is 0.499. The Balaban J connectivity index is 2.94. The molecule has 0 N–H and O–H groups in total. The molecule has 17 heavy (non-hydrogen) atoms. The second-order valence-corrected chi connectivity index (χ2v) is 6.39. The van der Waals surface area contributed by atoms with Gasteiger partial charge >= 0.3 is 0 Å². The molecule has 1 heterocycles. The Morgan fingerprint density at radius 2 is 1.88 bits per heavy atom. The van der Waals surface area contributed by atoms with Crippen molar-refractivity contribution in [1.82, 2.24) is 15.0 Å². The van der Waals surface area contributed by atoms with Gasteiger partial charge in [0.25, 0.3) is 0 Å². The molecule has 0 saturated heterocycles. The van der Waals surface area contributed by atoms with Crippen molar-refractivity contribution < 1.29 is 0 Å². The van der Waals surface area contributed by atoms with Gasteiger partial charge in [-0.2, -0.15) is 0 Å². The van der Waals surface area contributed by atoms with E-state index in [9.17, 15) is 0 Å². The summed E-state index contributed by atoms with van der Waals surface area (Å²) in [4.78, 5) is 0. The van der Waals surface area contributed by atoms with Gasteiger partial charge in [-0.3, -0.25) is 0 Å². The molecular weight excluding hydrogens is 210 g/mol. The lowest BCUT2D eigenvalue weighted by Gasteiger charge is -2.18. The Bertz CT molecular complexity index is 345. The van der Waals surface area contributed by atoms with Gasteiger partial charge in [0.05, 0.1) is 11.4 Å². The van der Waals surface area contributed by atoms with Gasteiger partial charge in [-0.25, -0.2) is 4.68 Å². The van der Waals surface area contributed by atoms with Crippen LogP contribution in [0.2, 0.25) is 0 Å². The van der Waals surface area contributed by atoms with Crippen LogP contribution < -0.4 is 0 Å². The van der Waals surface area contributed by atoms with Gasteiger partial charge in [0, 0.05) is 6.54 Å². The summed E-state index contributed by atoms with van der Waals surface area (Å²) in [6.45, 7) is 14.4. The molecule has 0 aromatic carbocycles. The molecule has 0 atom stereocenters.